The van der Waals surface area contributed by atoms with Gasteiger partial charge in [0.15, 0.2) is 0 Å². The van der Waals surface area contributed by atoms with Crippen LogP contribution in [0.3, 0.4) is 0 Å². The highest BCUT2D eigenvalue weighted by molar-refractivity contribution is 7.87. The Morgan fingerprint density at radius 2 is 1.84 bits per heavy atom. The maximum Gasteiger partial charge on any atom is 0.416 e. The van der Waals surface area contributed by atoms with E-state index in [1.165, 1.54) is 37.1 Å². The summed E-state index contributed by atoms with van der Waals surface area (Å²) in [5.41, 5.74) is -0.563. The van der Waals surface area contributed by atoms with Gasteiger partial charge in [-0.15, -0.1) is 11.6 Å². The van der Waals surface area contributed by atoms with Crippen LogP contribution in [0.5, 0.6) is 5.75 Å². The lowest BCUT2D eigenvalue weighted by Gasteiger charge is -2.24. The molecule has 0 radical (unpaired) electrons. The Bertz CT molecular complexity index is 1010. The van der Waals surface area contributed by atoms with E-state index < -0.39 is 32.1 Å². The van der Waals surface area contributed by atoms with Gasteiger partial charge < -0.3 is 13.8 Å². The molecular formula is C20H21ClF3NO5S. The molecule has 2 aromatic rings. The maximum atomic E-state index is 12.9. The van der Waals surface area contributed by atoms with Crippen LogP contribution in [0.2, 0.25) is 0 Å². The van der Waals surface area contributed by atoms with Gasteiger partial charge in [-0.25, -0.2) is 0 Å². The molecule has 0 saturated heterocycles. The molecule has 2 rings (SSSR count). The van der Waals surface area contributed by atoms with E-state index >= 15 is 0 Å². The summed E-state index contributed by atoms with van der Waals surface area (Å²) in [4.78, 5) is 13.1. The summed E-state index contributed by atoms with van der Waals surface area (Å²) in [7, 11) is -3.02. The van der Waals surface area contributed by atoms with Gasteiger partial charge in [0.05, 0.1) is 12.2 Å². The molecule has 1 atom stereocenters. The molecule has 0 N–H and O–H groups in total. The van der Waals surface area contributed by atoms with Gasteiger partial charge in [-0.3, -0.25) is 4.79 Å². The summed E-state index contributed by atoms with van der Waals surface area (Å²) in [5, 5.41) is -0.766. The molecule has 0 saturated carbocycles. The zero-order valence-electron chi connectivity index (χ0n) is 16.7. The number of rotatable bonds is 9. The third-order valence-corrected chi connectivity index (χ3v) is 5.57. The highest BCUT2D eigenvalue weighted by Crippen LogP contribution is 2.31. The zero-order valence-corrected chi connectivity index (χ0v) is 18.3. The second-order valence-electron chi connectivity index (χ2n) is 6.58. The van der Waals surface area contributed by atoms with Gasteiger partial charge in [-0.2, -0.15) is 21.6 Å². The van der Waals surface area contributed by atoms with Crippen LogP contribution in [0.25, 0.3) is 0 Å². The van der Waals surface area contributed by atoms with Crippen LogP contribution in [0.1, 0.15) is 18.1 Å². The second-order valence-corrected chi connectivity index (χ2v) is 8.78. The van der Waals surface area contributed by atoms with Crippen molar-refractivity contribution in [2.75, 3.05) is 20.3 Å². The van der Waals surface area contributed by atoms with Crippen LogP contribution < -0.4 is 4.18 Å². The number of amides is 1. The van der Waals surface area contributed by atoms with E-state index in [1.807, 2.05) is 0 Å². The number of alkyl halides is 4. The number of carbonyl (C=O) groups excluding carboxylic acids is 1. The molecule has 0 aliphatic heterocycles. The van der Waals surface area contributed by atoms with E-state index in [-0.39, 0.29) is 31.4 Å². The third kappa shape index (κ3) is 7.12. The van der Waals surface area contributed by atoms with Gasteiger partial charge in [0.25, 0.3) is 0 Å². The van der Waals surface area contributed by atoms with Crippen molar-refractivity contribution in [3.63, 3.8) is 0 Å². The van der Waals surface area contributed by atoms with E-state index in [4.69, 9.17) is 20.5 Å². The fourth-order valence-electron chi connectivity index (χ4n) is 2.64. The molecule has 2 aromatic carbocycles. The van der Waals surface area contributed by atoms with E-state index in [0.717, 1.165) is 18.2 Å². The average molecular weight is 480 g/mol. The van der Waals surface area contributed by atoms with Crippen molar-refractivity contribution < 1.29 is 35.3 Å². The Labute approximate surface area is 183 Å². The van der Waals surface area contributed by atoms with Crippen molar-refractivity contribution in [2.45, 2.75) is 29.9 Å². The Balaban J connectivity index is 2.24. The predicted molar refractivity (Wildman–Crippen MR) is 108 cm³/mol. The highest BCUT2D eigenvalue weighted by Gasteiger charge is 2.32. The quantitative estimate of drug-likeness (QED) is 0.400. The van der Waals surface area contributed by atoms with Gasteiger partial charge in [0.2, 0.25) is 5.91 Å². The van der Waals surface area contributed by atoms with Gasteiger partial charge in [-0.05, 0) is 42.8 Å². The van der Waals surface area contributed by atoms with Crippen LogP contribution in [-0.4, -0.2) is 44.9 Å². The molecule has 0 heterocycles. The largest absolute Gasteiger partial charge is 0.416 e. The van der Waals surface area contributed by atoms with Gasteiger partial charge in [0.1, 0.15) is 16.0 Å². The summed E-state index contributed by atoms with van der Waals surface area (Å²) in [6, 6.07) is 9.17. The average Bonchev–Trinajstić information content (AvgIpc) is 2.70. The summed E-state index contributed by atoms with van der Waals surface area (Å²) in [6.07, 6.45) is -4.69. The van der Waals surface area contributed by atoms with Crippen molar-refractivity contribution in [3.8, 4) is 5.75 Å². The number of methoxy groups -OCH3 is 1. The standard InChI is InChI=1S/C20H21ClF3NO5S/c1-14(21)19(26)25(9-10-29-2)13-15-5-3-7-17(11-15)30-31(27,28)18-8-4-6-16(12-18)20(22,23)24/h3-8,11-12,14H,9-10,13H2,1-2H3. The highest BCUT2D eigenvalue weighted by atomic mass is 35.5. The number of nitrogens with zero attached hydrogens (tertiary/aromatic N) is 1. The smallest absolute Gasteiger partial charge is 0.383 e. The molecule has 0 aliphatic carbocycles. The van der Waals surface area contributed by atoms with Crippen LogP contribution in [0.15, 0.2) is 53.4 Å². The summed E-state index contributed by atoms with van der Waals surface area (Å²) < 4.78 is 73.6. The number of benzene rings is 2. The van der Waals surface area contributed by atoms with Crippen LogP contribution in [0, 0.1) is 0 Å². The molecular weight excluding hydrogens is 459 g/mol. The first-order valence-corrected chi connectivity index (χ1v) is 10.9. The number of carbonyl (C=O) groups is 1. The van der Waals surface area contributed by atoms with Gasteiger partial charge >= 0.3 is 16.3 Å². The Kier molecular flexibility index (Phi) is 8.33. The second kappa shape index (κ2) is 10.3. The third-order valence-electron chi connectivity index (χ3n) is 4.15. The maximum absolute atomic E-state index is 12.9. The zero-order chi connectivity index (χ0) is 23.2. The normalized spacial score (nSPS) is 13.0. The lowest BCUT2D eigenvalue weighted by atomic mass is 10.2. The molecule has 0 fully saturated rings. The minimum Gasteiger partial charge on any atom is -0.383 e. The van der Waals surface area contributed by atoms with Gasteiger partial charge in [-0.1, -0.05) is 18.2 Å². The van der Waals surface area contributed by atoms with Crippen LogP contribution in [-0.2, 0) is 32.4 Å². The van der Waals surface area contributed by atoms with Crippen molar-refractivity contribution >= 4 is 27.6 Å². The van der Waals surface area contributed by atoms with Crippen LogP contribution >= 0.6 is 11.6 Å². The molecule has 11 heteroatoms. The molecule has 1 unspecified atom stereocenters. The Morgan fingerprint density at radius 1 is 1.16 bits per heavy atom. The predicted octanol–water partition coefficient (Wildman–Crippen LogP) is 4.08. The van der Waals surface area contributed by atoms with E-state index in [0.29, 0.717) is 11.6 Å². The Hall–Kier alpha value is -2.30. The summed E-state index contributed by atoms with van der Waals surface area (Å²) in [5.74, 6) is -0.436. The molecule has 1 amide bonds. The molecule has 0 spiro atoms. The lowest BCUT2D eigenvalue weighted by molar-refractivity contribution is -0.137. The molecule has 6 nitrogen and oxygen atoms in total. The summed E-state index contributed by atoms with van der Waals surface area (Å²) >= 11 is 5.88. The fourth-order valence-corrected chi connectivity index (χ4v) is 3.75. The number of hydrogen-bond donors (Lipinski definition) is 0. The van der Waals surface area contributed by atoms with E-state index in [2.05, 4.69) is 0 Å². The van der Waals surface area contributed by atoms with Crippen molar-refractivity contribution in [3.05, 3.63) is 59.7 Å². The molecule has 0 bridgehead atoms. The minimum absolute atomic E-state index is 0.104. The van der Waals surface area contributed by atoms with E-state index in [9.17, 15) is 26.4 Å². The van der Waals surface area contributed by atoms with Crippen LogP contribution in [0.4, 0.5) is 13.2 Å². The topological polar surface area (TPSA) is 72.9 Å². The molecule has 31 heavy (non-hydrogen) atoms. The first-order valence-electron chi connectivity index (χ1n) is 9.06. The first kappa shape index (κ1) is 25.0. The molecule has 0 aromatic heterocycles. The molecule has 170 valence electrons. The fraction of sp³-hybridized carbons (Fsp3) is 0.350. The molecule has 0 aliphatic rings. The minimum atomic E-state index is -4.69. The van der Waals surface area contributed by atoms with Crippen molar-refractivity contribution in [1.82, 2.24) is 4.90 Å². The number of halogens is 4. The monoisotopic (exact) mass is 479 g/mol. The van der Waals surface area contributed by atoms with E-state index in [1.54, 1.807) is 6.07 Å². The Morgan fingerprint density at radius 3 is 2.45 bits per heavy atom. The lowest BCUT2D eigenvalue weighted by Crippen LogP contribution is -2.37. The first-order chi connectivity index (χ1) is 14.4. The SMILES string of the molecule is COCCN(Cc1cccc(OS(=O)(=O)c2cccc(C(F)(F)F)c2)c1)C(=O)C(C)Cl. The van der Waals surface area contributed by atoms with Gasteiger partial charge in [0, 0.05) is 20.2 Å². The number of hydrogen-bond acceptors (Lipinski definition) is 5. The summed E-state index contributed by atoms with van der Waals surface area (Å²) in [6.45, 7) is 2.18. The van der Waals surface area contributed by atoms with Crippen molar-refractivity contribution in [2.24, 2.45) is 0 Å². The van der Waals surface area contributed by atoms with Crippen molar-refractivity contribution in [1.29, 1.82) is 0 Å². The number of ether oxygens (including phenoxy) is 1.